The first-order valence-corrected chi connectivity index (χ1v) is 6.20. The molecule has 1 aromatic rings. The van der Waals surface area contributed by atoms with E-state index in [4.69, 9.17) is 4.42 Å². The molecule has 0 spiro atoms. The van der Waals surface area contributed by atoms with Crippen molar-refractivity contribution in [2.24, 2.45) is 5.41 Å². The second-order valence-electron chi connectivity index (χ2n) is 5.54. The number of nitrogens with one attached hydrogen (secondary N) is 1. The fraction of sp³-hybridized carbons (Fsp3) is 0.400. The number of hydrogen-bond donors (Lipinski definition) is 1. The summed E-state index contributed by atoms with van der Waals surface area (Å²) in [6, 6.07) is 0.116. The predicted octanol–water partition coefficient (Wildman–Crippen LogP) is 3.48. The average Bonchev–Trinajstić information content (AvgIpc) is 2.59. The molecular weight excluding hydrogens is 226 g/mol. The van der Waals surface area contributed by atoms with Gasteiger partial charge < -0.3 is 9.73 Å². The number of furan rings is 1. The van der Waals surface area contributed by atoms with E-state index in [0.29, 0.717) is 5.56 Å². The molecule has 18 heavy (non-hydrogen) atoms. The third-order valence-corrected chi connectivity index (χ3v) is 2.87. The molecule has 0 unspecified atom stereocenters. The minimum atomic E-state index is -0.0900. The van der Waals surface area contributed by atoms with Gasteiger partial charge in [0.25, 0.3) is 5.91 Å². The zero-order valence-electron chi connectivity index (χ0n) is 11.3. The van der Waals surface area contributed by atoms with Crippen LogP contribution in [0.25, 0.3) is 12.2 Å². The van der Waals surface area contributed by atoms with Crippen LogP contribution in [0.15, 0.2) is 22.8 Å². The van der Waals surface area contributed by atoms with E-state index in [0.717, 1.165) is 11.3 Å². The first-order chi connectivity index (χ1) is 8.39. The van der Waals surface area contributed by atoms with Crippen molar-refractivity contribution in [3.63, 3.8) is 0 Å². The summed E-state index contributed by atoms with van der Waals surface area (Å²) in [6.45, 7) is 8.10. The van der Waals surface area contributed by atoms with Crippen molar-refractivity contribution >= 4 is 18.1 Å². The molecule has 1 N–H and O–H groups in total. The first-order valence-electron chi connectivity index (χ1n) is 6.20. The molecule has 0 aliphatic heterocycles. The van der Waals surface area contributed by atoms with Crippen molar-refractivity contribution in [2.75, 3.05) is 0 Å². The van der Waals surface area contributed by atoms with E-state index < -0.39 is 0 Å². The minimum absolute atomic E-state index is 0.0205. The summed E-state index contributed by atoms with van der Waals surface area (Å²) in [5, 5.41) is 2.88. The molecule has 1 aromatic heterocycles. The van der Waals surface area contributed by atoms with Crippen molar-refractivity contribution in [1.82, 2.24) is 5.32 Å². The number of carbonyl (C=O) groups is 1. The Morgan fingerprint density at radius 1 is 1.28 bits per heavy atom. The Kier molecular flexibility index (Phi) is 3.16. The van der Waals surface area contributed by atoms with Crippen LogP contribution in [0.1, 0.15) is 49.4 Å². The second-order valence-corrected chi connectivity index (χ2v) is 5.54. The Morgan fingerprint density at radius 3 is 2.61 bits per heavy atom. The van der Waals surface area contributed by atoms with Gasteiger partial charge in [0.15, 0.2) is 0 Å². The highest BCUT2D eigenvalue weighted by Gasteiger charge is 2.20. The predicted molar refractivity (Wildman–Crippen MR) is 73.2 cm³/mol. The van der Waals surface area contributed by atoms with Crippen LogP contribution in [-0.4, -0.2) is 11.9 Å². The highest BCUT2D eigenvalue weighted by atomic mass is 16.3. The van der Waals surface area contributed by atoms with Crippen LogP contribution in [0.5, 0.6) is 0 Å². The zero-order chi connectivity index (χ0) is 13.3. The topological polar surface area (TPSA) is 42.2 Å². The molecule has 3 heteroatoms. The highest BCUT2D eigenvalue weighted by molar-refractivity contribution is 5.99. The summed E-state index contributed by atoms with van der Waals surface area (Å²) in [5.74, 6) is 0.651. The maximum atomic E-state index is 12.0. The van der Waals surface area contributed by atoms with Crippen molar-refractivity contribution < 1.29 is 9.21 Å². The molecule has 1 amide bonds. The van der Waals surface area contributed by atoms with Gasteiger partial charge in [0, 0.05) is 17.0 Å². The van der Waals surface area contributed by atoms with E-state index in [1.165, 1.54) is 6.26 Å². The lowest BCUT2D eigenvalue weighted by Crippen LogP contribution is -2.30. The molecule has 0 saturated heterocycles. The van der Waals surface area contributed by atoms with Gasteiger partial charge in [-0.2, -0.15) is 0 Å². The summed E-state index contributed by atoms with van der Waals surface area (Å²) < 4.78 is 5.46. The van der Waals surface area contributed by atoms with E-state index in [1.54, 1.807) is 0 Å². The molecule has 0 radical (unpaired) electrons. The van der Waals surface area contributed by atoms with E-state index in [2.05, 4.69) is 31.3 Å². The Hall–Kier alpha value is -1.77. The molecule has 0 bridgehead atoms. The van der Waals surface area contributed by atoms with Gasteiger partial charge in [-0.15, -0.1) is 0 Å². The van der Waals surface area contributed by atoms with Crippen LogP contribution in [0.2, 0.25) is 0 Å². The summed E-state index contributed by atoms with van der Waals surface area (Å²) in [4.78, 5) is 12.0. The van der Waals surface area contributed by atoms with Crippen LogP contribution >= 0.6 is 0 Å². The molecule has 0 atom stereocenters. The SMILES string of the molecule is CC(C)NC(=O)c1coc2c1C=CC(C)(C)C=C2. The first kappa shape index (κ1) is 12.7. The van der Waals surface area contributed by atoms with Crippen LogP contribution in [0.3, 0.4) is 0 Å². The number of amides is 1. The molecule has 96 valence electrons. The maximum absolute atomic E-state index is 12.0. The van der Waals surface area contributed by atoms with Gasteiger partial charge >= 0.3 is 0 Å². The summed E-state index contributed by atoms with van der Waals surface area (Å²) in [7, 11) is 0. The summed E-state index contributed by atoms with van der Waals surface area (Å²) in [6.07, 6.45) is 9.57. The maximum Gasteiger partial charge on any atom is 0.255 e. The largest absolute Gasteiger partial charge is 0.463 e. The third kappa shape index (κ3) is 2.55. The van der Waals surface area contributed by atoms with E-state index >= 15 is 0 Å². The lowest BCUT2D eigenvalue weighted by Gasteiger charge is -2.12. The number of rotatable bonds is 2. The van der Waals surface area contributed by atoms with Gasteiger partial charge in [-0.1, -0.05) is 32.1 Å². The quantitative estimate of drug-likeness (QED) is 0.866. The summed E-state index contributed by atoms with van der Waals surface area (Å²) in [5.41, 5.74) is 1.43. The molecule has 1 aliphatic rings. The van der Waals surface area contributed by atoms with Gasteiger partial charge in [-0.25, -0.2) is 0 Å². The van der Waals surface area contributed by atoms with E-state index in [-0.39, 0.29) is 17.4 Å². The molecule has 0 saturated carbocycles. The van der Waals surface area contributed by atoms with Gasteiger partial charge in [0.2, 0.25) is 0 Å². The lowest BCUT2D eigenvalue weighted by atomic mass is 9.93. The Morgan fingerprint density at radius 2 is 1.94 bits per heavy atom. The van der Waals surface area contributed by atoms with Crippen molar-refractivity contribution in [3.05, 3.63) is 35.3 Å². The number of fused-ring (bicyclic) bond motifs is 1. The van der Waals surface area contributed by atoms with E-state index in [9.17, 15) is 4.79 Å². The van der Waals surface area contributed by atoms with Gasteiger partial charge in [0.05, 0.1) is 5.56 Å². The van der Waals surface area contributed by atoms with Crippen LogP contribution in [0, 0.1) is 5.41 Å². The van der Waals surface area contributed by atoms with Gasteiger partial charge in [0.1, 0.15) is 12.0 Å². The standard InChI is InChI=1S/C15H19NO2/c1-10(2)16-14(17)12-9-18-13-6-8-15(3,4)7-5-11(12)13/h5-10H,1-4H3,(H,16,17). The Balaban J connectivity index is 2.37. The fourth-order valence-corrected chi connectivity index (χ4v) is 1.84. The zero-order valence-corrected chi connectivity index (χ0v) is 11.3. The molecule has 1 aliphatic carbocycles. The number of carbonyl (C=O) groups excluding carboxylic acids is 1. The fourth-order valence-electron chi connectivity index (χ4n) is 1.84. The Bertz CT molecular complexity index is 519. The molecule has 0 aromatic carbocycles. The molecule has 3 nitrogen and oxygen atoms in total. The average molecular weight is 245 g/mol. The molecule has 2 rings (SSSR count). The van der Waals surface area contributed by atoms with Crippen LogP contribution in [0.4, 0.5) is 0 Å². The second kappa shape index (κ2) is 4.48. The van der Waals surface area contributed by atoms with E-state index in [1.807, 2.05) is 26.0 Å². The van der Waals surface area contributed by atoms with Crippen molar-refractivity contribution in [3.8, 4) is 0 Å². The van der Waals surface area contributed by atoms with Gasteiger partial charge in [-0.3, -0.25) is 4.79 Å². The van der Waals surface area contributed by atoms with Crippen molar-refractivity contribution in [2.45, 2.75) is 33.7 Å². The van der Waals surface area contributed by atoms with Crippen LogP contribution < -0.4 is 5.32 Å². The monoisotopic (exact) mass is 245 g/mol. The number of allylic oxidation sites excluding steroid dienone is 2. The molecular formula is C15H19NO2. The van der Waals surface area contributed by atoms with Crippen molar-refractivity contribution in [1.29, 1.82) is 0 Å². The molecule has 0 fully saturated rings. The lowest BCUT2D eigenvalue weighted by molar-refractivity contribution is 0.0942. The normalized spacial score (nSPS) is 16.5. The number of hydrogen-bond acceptors (Lipinski definition) is 2. The minimum Gasteiger partial charge on any atom is -0.463 e. The highest BCUT2D eigenvalue weighted by Crippen LogP contribution is 2.30. The summed E-state index contributed by atoms with van der Waals surface area (Å²) >= 11 is 0. The third-order valence-electron chi connectivity index (χ3n) is 2.87. The van der Waals surface area contributed by atoms with Gasteiger partial charge in [-0.05, 0) is 19.9 Å². The molecule has 1 heterocycles. The van der Waals surface area contributed by atoms with Crippen LogP contribution in [-0.2, 0) is 0 Å². The smallest absolute Gasteiger partial charge is 0.255 e. The Labute approximate surface area is 108 Å².